The van der Waals surface area contributed by atoms with Crippen LogP contribution in [0.1, 0.15) is 46.8 Å². The smallest absolute Gasteiger partial charge is 0.366 e. The lowest BCUT2D eigenvalue weighted by molar-refractivity contribution is -0.138. The molecule has 0 saturated carbocycles. The van der Waals surface area contributed by atoms with Gasteiger partial charge in [-0.25, -0.2) is 4.39 Å². The van der Waals surface area contributed by atoms with E-state index in [0.717, 1.165) is 23.1 Å². The second-order valence-electron chi connectivity index (χ2n) is 7.88. The van der Waals surface area contributed by atoms with E-state index < -0.39 is 23.5 Å². The van der Waals surface area contributed by atoms with Gasteiger partial charge < -0.3 is 10.3 Å². The van der Waals surface area contributed by atoms with Crippen LogP contribution in [0, 0.1) is 5.82 Å². The van der Waals surface area contributed by atoms with Gasteiger partial charge in [0.1, 0.15) is 5.82 Å². The average Bonchev–Trinajstić information content (AvgIpc) is 3.01. The number of hydrogen-bond acceptors (Lipinski definition) is 1. The van der Waals surface area contributed by atoms with Gasteiger partial charge in [-0.05, 0) is 47.4 Å². The molecule has 0 fully saturated rings. The standard InChI is InChI=1S/C24H20F4N2O/c1-13(2)14-7-9-17-21(10-14)30(20-5-3-4-18(22(17)20)23(29)31)12-15-6-8-16(25)11-19(15)24(26,27)28/h3-11,13H,12H2,1-2H3,(H2,29,31). The molecule has 0 unspecified atom stereocenters. The molecule has 0 aliphatic heterocycles. The molecule has 0 aliphatic rings. The Morgan fingerprint density at radius 2 is 1.77 bits per heavy atom. The number of rotatable bonds is 4. The van der Waals surface area contributed by atoms with Gasteiger partial charge in [0.05, 0.1) is 11.1 Å². The van der Waals surface area contributed by atoms with Crippen LogP contribution < -0.4 is 5.73 Å². The van der Waals surface area contributed by atoms with Crippen molar-refractivity contribution < 1.29 is 22.4 Å². The largest absolute Gasteiger partial charge is 0.416 e. The van der Waals surface area contributed by atoms with Gasteiger partial charge in [0.15, 0.2) is 0 Å². The Morgan fingerprint density at radius 3 is 2.42 bits per heavy atom. The van der Waals surface area contributed by atoms with E-state index in [4.69, 9.17) is 5.73 Å². The van der Waals surface area contributed by atoms with Gasteiger partial charge in [-0.3, -0.25) is 4.79 Å². The Labute approximate surface area is 176 Å². The SMILES string of the molecule is CC(C)c1ccc2c3c(C(N)=O)cccc3n(Cc3ccc(F)cc3C(F)(F)F)c2c1. The maximum atomic E-state index is 13.6. The van der Waals surface area contributed by atoms with Gasteiger partial charge in [-0.2, -0.15) is 13.2 Å². The second-order valence-corrected chi connectivity index (χ2v) is 7.88. The molecular weight excluding hydrogens is 408 g/mol. The molecule has 3 nitrogen and oxygen atoms in total. The number of benzene rings is 3. The highest BCUT2D eigenvalue weighted by atomic mass is 19.4. The average molecular weight is 428 g/mol. The summed E-state index contributed by atoms with van der Waals surface area (Å²) in [5, 5.41) is 1.32. The molecule has 1 aromatic heterocycles. The van der Waals surface area contributed by atoms with Crippen LogP contribution >= 0.6 is 0 Å². The summed E-state index contributed by atoms with van der Waals surface area (Å²) in [4.78, 5) is 12.0. The number of carbonyl (C=O) groups excluding carboxylic acids is 1. The van der Waals surface area contributed by atoms with E-state index in [-0.39, 0.29) is 18.0 Å². The number of alkyl halides is 3. The fraction of sp³-hybridized carbons (Fsp3) is 0.208. The fourth-order valence-electron chi connectivity index (χ4n) is 4.02. The topological polar surface area (TPSA) is 48.0 Å². The van der Waals surface area contributed by atoms with Crippen molar-refractivity contribution in [3.05, 3.63) is 82.7 Å². The van der Waals surface area contributed by atoms with Gasteiger partial charge in [-0.15, -0.1) is 0 Å². The summed E-state index contributed by atoms with van der Waals surface area (Å²) >= 11 is 0. The molecule has 0 spiro atoms. The monoisotopic (exact) mass is 428 g/mol. The highest BCUT2D eigenvalue weighted by Crippen LogP contribution is 2.37. The number of nitrogens with zero attached hydrogens (tertiary/aromatic N) is 1. The Bertz CT molecular complexity index is 1320. The minimum atomic E-state index is -4.70. The number of amides is 1. The molecule has 1 heterocycles. The molecule has 0 saturated heterocycles. The third kappa shape index (κ3) is 3.65. The van der Waals surface area contributed by atoms with Crippen molar-refractivity contribution >= 4 is 27.7 Å². The summed E-state index contributed by atoms with van der Waals surface area (Å²) in [6.45, 7) is 3.90. The van der Waals surface area contributed by atoms with Gasteiger partial charge in [-0.1, -0.05) is 38.1 Å². The third-order valence-electron chi connectivity index (χ3n) is 5.55. The van der Waals surface area contributed by atoms with Gasteiger partial charge in [0.2, 0.25) is 5.91 Å². The Kier molecular flexibility index (Phi) is 5.00. The predicted octanol–water partition coefficient (Wildman–Crippen LogP) is 6.22. The van der Waals surface area contributed by atoms with Crippen molar-refractivity contribution in [3.8, 4) is 0 Å². The molecule has 2 N–H and O–H groups in total. The van der Waals surface area contributed by atoms with Crippen molar-refractivity contribution in [2.45, 2.75) is 32.5 Å². The predicted molar refractivity (Wildman–Crippen MR) is 113 cm³/mol. The molecule has 4 rings (SSSR count). The first kappa shape index (κ1) is 20.9. The summed E-state index contributed by atoms with van der Waals surface area (Å²) in [5.41, 5.74) is 7.07. The van der Waals surface area contributed by atoms with Crippen molar-refractivity contribution in [1.82, 2.24) is 4.57 Å². The lowest BCUT2D eigenvalue weighted by Crippen LogP contribution is -2.13. The van der Waals surface area contributed by atoms with Crippen LogP contribution in [0.15, 0.2) is 54.6 Å². The first-order chi connectivity index (χ1) is 14.6. The summed E-state index contributed by atoms with van der Waals surface area (Å²) < 4.78 is 56.1. The summed E-state index contributed by atoms with van der Waals surface area (Å²) in [7, 11) is 0. The minimum absolute atomic E-state index is 0.0628. The van der Waals surface area contributed by atoms with Gasteiger partial charge in [0, 0.05) is 28.4 Å². The Hall–Kier alpha value is -3.35. The van der Waals surface area contributed by atoms with Crippen LogP contribution in [0.3, 0.4) is 0 Å². The molecular formula is C24H20F4N2O. The van der Waals surface area contributed by atoms with Gasteiger partial charge >= 0.3 is 6.18 Å². The van der Waals surface area contributed by atoms with E-state index in [1.54, 1.807) is 22.8 Å². The quantitative estimate of drug-likeness (QED) is 0.385. The van der Waals surface area contributed by atoms with Crippen LogP contribution in [0.5, 0.6) is 0 Å². The highest BCUT2D eigenvalue weighted by molar-refractivity contribution is 6.18. The molecule has 0 bridgehead atoms. The normalized spacial score (nSPS) is 12.2. The maximum Gasteiger partial charge on any atom is 0.416 e. The zero-order valence-corrected chi connectivity index (χ0v) is 16.9. The molecule has 160 valence electrons. The van der Waals surface area contributed by atoms with Crippen LogP contribution in [-0.2, 0) is 12.7 Å². The van der Waals surface area contributed by atoms with E-state index in [1.165, 1.54) is 0 Å². The van der Waals surface area contributed by atoms with E-state index in [9.17, 15) is 22.4 Å². The number of fused-ring (bicyclic) bond motifs is 3. The molecule has 1 amide bonds. The van der Waals surface area contributed by atoms with Crippen molar-refractivity contribution in [2.75, 3.05) is 0 Å². The Balaban J connectivity index is 2.05. The number of hydrogen-bond donors (Lipinski definition) is 1. The molecule has 0 aliphatic carbocycles. The third-order valence-corrected chi connectivity index (χ3v) is 5.55. The number of carbonyl (C=O) groups is 1. The molecule has 7 heteroatoms. The minimum Gasteiger partial charge on any atom is -0.366 e. The molecule has 0 atom stereocenters. The molecule has 3 aromatic carbocycles. The summed E-state index contributed by atoms with van der Waals surface area (Å²) in [5.74, 6) is -1.37. The summed E-state index contributed by atoms with van der Waals surface area (Å²) in [6.07, 6.45) is -4.70. The van der Waals surface area contributed by atoms with Crippen molar-refractivity contribution in [3.63, 3.8) is 0 Å². The molecule has 0 radical (unpaired) electrons. The molecule has 4 aromatic rings. The van der Waals surface area contributed by atoms with Crippen LogP contribution in [0.25, 0.3) is 21.8 Å². The van der Waals surface area contributed by atoms with Crippen molar-refractivity contribution in [1.29, 1.82) is 0 Å². The number of primary amides is 1. The first-order valence-corrected chi connectivity index (χ1v) is 9.78. The van der Waals surface area contributed by atoms with Gasteiger partial charge in [0.25, 0.3) is 0 Å². The first-order valence-electron chi connectivity index (χ1n) is 9.78. The number of aromatic nitrogens is 1. The van der Waals surface area contributed by atoms with E-state index in [1.807, 2.05) is 32.0 Å². The number of halogens is 4. The van der Waals surface area contributed by atoms with Crippen LogP contribution in [0.4, 0.5) is 17.6 Å². The number of nitrogens with two attached hydrogens (primary N) is 1. The highest BCUT2D eigenvalue weighted by Gasteiger charge is 2.34. The van der Waals surface area contributed by atoms with Crippen LogP contribution in [-0.4, -0.2) is 10.5 Å². The molecule has 31 heavy (non-hydrogen) atoms. The van der Waals surface area contributed by atoms with Crippen molar-refractivity contribution in [2.24, 2.45) is 5.73 Å². The summed E-state index contributed by atoms with van der Waals surface area (Å²) in [6, 6.07) is 13.4. The zero-order chi connectivity index (χ0) is 22.5. The Morgan fingerprint density at radius 1 is 1.03 bits per heavy atom. The second kappa shape index (κ2) is 7.41. The maximum absolute atomic E-state index is 13.6. The van der Waals surface area contributed by atoms with E-state index in [2.05, 4.69) is 0 Å². The van der Waals surface area contributed by atoms with Crippen LogP contribution in [0.2, 0.25) is 0 Å². The van der Waals surface area contributed by atoms with E-state index >= 15 is 0 Å². The zero-order valence-electron chi connectivity index (χ0n) is 16.9. The lowest BCUT2D eigenvalue weighted by Gasteiger charge is -2.15. The fourth-order valence-corrected chi connectivity index (χ4v) is 4.02. The lowest BCUT2D eigenvalue weighted by atomic mass is 10.00. The van der Waals surface area contributed by atoms with E-state index in [0.29, 0.717) is 28.0 Å².